The number of nitrogens with one attached hydrogen (secondary N) is 1. The molecule has 1 amide bonds. The van der Waals surface area contributed by atoms with E-state index in [4.69, 9.17) is 4.42 Å². The number of carbonyl (C=O) groups excluding carboxylic acids is 1. The molecule has 0 saturated carbocycles. The van der Waals surface area contributed by atoms with Crippen molar-refractivity contribution in [1.82, 2.24) is 25.1 Å². The Kier molecular flexibility index (Phi) is 3.78. The molecule has 5 rings (SSSR count). The zero-order valence-electron chi connectivity index (χ0n) is 14.7. The first-order valence-electron chi connectivity index (χ1n) is 8.80. The zero-order chi connectivity index (χ0) is 18.4. The van der Waals surface area contributed by atoms with Gasteiger partial charge in [0.2, 0.25) is 5.89 Å². The number of carbonyl (C=O) groups is 1. The molecule has 136 valence electrons. The molecular formula is C19H17N5O2S. The number of amides is 1. The molecule has 4 heterocycles. The lowest BCUT2D eigenvalue weighted by molar-refractivity contribution is 0.0790. The van der Waals surface area contributed by atoms with Gasteiger partial charge in [0.25, 0.3) is 11.8 Å². The van der Waals surface area contributed by atoms with Crippen molar-refractivity contribution in [2.45, 2.75) is 19.3 Å². The van der Waals surface area contributed by atoms with E-state index in [1.807, 2.05) is 47.5 Å². The van der Waals surface area contributed by atoms with E-state index in [-0.39, 0.29) is 11.8 Å². The Morgan fingerprint density at radius 2 is 2.26 bits per heavy atom. The first-order valence-corrected chi connectivity index (χ1v) is 9.68. The van der Waals surface area contributed by atoms with E-state index in [1.54, 1.807) is 11.3 Å². The van der Waals surface area contributed by atoms with Gasteiger partial charge in [0, 0.05) is 18.7 Å². The molecule has 0 aliphatic carbocycles. The summed E-state index contributed by atoms with van der Waals surface area (Å²) >= 11 is 1.57. The molecule has 0 spiro atoms. The first kappa shape index (κ1) is 16.2. The Hall–Kier alpha value is -3.00. The van der Waals surface area contributed by atoms with E-state index in [1.165, 1.54) is 0 Å². The Balaban J connectivity index is 1.33. The molecule has 1 aliphatic heterocycles. The summed E-state index contributed by atoms with van der Waals surface area (Å²) in [6.07, 6.45) is 0.823. The maximum Gasteiger partial charge on any atom is 0.257 e. The lowest BCUT2D eigenvalue weighted by Gasteiger charge is -2.15. The number of thiophene rings is 1. The van der Waals surface area contributed by atoms with Crippen molar-refractivity contribution in [2.24, 2.45) is 0 Å². The minimum absolute atomic E-state index is 0.0182. The number of hydrogen-bond acceptors (Lipinski definition) is 6. The number of rotatable bonds is 3. The van der Waals surface area contributed by atoms with Crippen molar-refractivity contribution >= 4 is 28.3 Å². The molecule has 7 nitrogen and oxygen atoms in total. The van der Waals surface area contributed by atoms with Crippen LogP contribution in [-0.2, 0) is 0 Å². The minimum atomic E-state index is 0.0182. The van der Waals surface area contributed by atoms with Crippen LogP contribution in [0.2, 0.25) is 0 Å². The van der Waals surface area contributed by atoms with Crippen LogP contribution in [0, 0.1) is 6.92 Å². The standard InChI is InChI=1S/C19H17N5O2S/c1-11-20-14-5-4-12(9-15(14)21-11)19(25)24-7-6-13(10-24)17-22-23-18(26-17)16-3-2-8-27-16/h2-5,8-9,13H,6-7,10H2,1H3,(H,20,21). The molecule has 1 atom stereocenters. The van der Waals surface area contributed by atoms with Crippen molar-refractivity contribution in [1.29, 1.82) is 0 Å². The first-order chi connectivity index (χ1) is 13.2. The Morgan fingerprint density at radius 1 is 1.33 bits per heavy atom. The minimum Gasteiger partial charge on any atom is -0.420 e. The van der Waals surface area contributed by atoms with Crippen molar-refractivity contribution < 1.29 is 9.21 Å². The van der Waals surface area contributed by atoms with Gasteiger partial charge in [-0.1, -0.05) is 6.07 Å². The topological polar surface area (TPSA) is 87.9 Å². The van der Waals surface area contributed by atoms with E-state index in [0.29, 0.717) is 30.4 Å². The third kappa shape index (κ3) is 2.91. The van der Waals surface area contributed by atoms with Gasteiger partial charge in [0.1, 0.15) is 5.82 Å². The highest BCUT2D eigenvalue weighted by atomic mass is 32.1. The quantitative estimate of drug-likeness (QED) is 0.587. The summed E-state index contributed by atoms with van der Waals surface area (Å²) in [4.78, 5) is 23.3. The highest BCUT2D eigenvalue weighted by Crippen LogP contribution is 2.31. The second-order valence-corrected chi connectivity index (χ2v) is 7.66. The highest BCUT2D eigenvalue weighted by molar-refractivity contribution is 7.13. The summed E-state index contributed by atoms with van der Waals surface area (Å²) < 4.78 is 5.84. The second-order valence-electron chi connectivity index (χ2n) is 6.71. The number of fused-ring (bicyclic) bond motifs is 1. The Bertz CT molecular complexity index is 1110. The molecule has 0 radical (unpaired) electrons. The third-order valence-electron chi connectivity index (χ3n) is 4.84. The summed E-state index contributed by atoms with van der Waals surface area (Å²) in [5.41, 5.74) is 2.42. The normalized spacial score (nSPS) is 17.1. The van der Waals surface area contributed by atoms with Gasteiger partial charge in [-0.2, -0.15) is 0 Å². The van der Waals surface area contributed by atoms with Gasteiger partial charge in [-0.05, 0) is 43.0 Å². The Morgan fingerprint density at radius 3 is 3.11 bits per heavy atom. The molecule has 4 aromatic rings. The summed E-state index contributed by atoms with van der Waals surface area (Å²) in [6.45, 7) is 3.17. The number of hydrogen-bond donors (Lipinski definition) is 1. The third-order valence-corrected chi connectivity index (χ3v) is 5.70. The molecular weight excluding hydrogens is 362 g/mol. The van der Waals surface area contributed by atoms with Crippen LogP contribution in [0.4, 0.5) is 0 Å². The lowest BCUT2D eigenvalue weighted by Crippen LogP contribution is -2.28. The van der Waals surface area contributed by atoms with E-state index < -0.39 is 0 Å². The molecule has 1 aliphatic rings. The average Bonchev–Trinajstić information content (AvgIpc) is 3.45. The maximum atomic E-state index is 12.9. The fourth-order valence-corrected chi connectivity index (χ4v) is 4.14. The summed E-state index contributed by atoms with van der Waals surface area (Å²) in [6, 6.07) is 9.50. The van der Waals surface area contributed by atoms with Gasteiger partial charge in [-0.15, -0.1) is 21.5 Å². The molecule has 3 aromatic heterocycles. The number of aromatic nitrogens is 4. The van der Waals surface area contributed by atoms with Crippen molar-refractivity contribution in [3.63, 3.8) is 0 Å². The molecule has 8 heteroatoms. The second kappa shape index (κ2) is 6.31. The smallest absolute Gasteiger partial charge is 0.257 e. The van der Waals surface area contributed by atoms with Crippen molar-refractivity contribution in [2.75, 3.05) is 13.1 Å². The molecule has 1 fully saturated rings. The van der Waals surface area contributed by atoms with Crippen LogP contribution in [0.1, 0.15) is 34.4 Å². The largest absolute Gasteiger partial charge is 0.420 e. The number of likely N-dealkylation sites (tertiary alicyclic amines) is 1. The van der Waals surface area contributed by atoms with Gasteiger partial charge in [0.05, 0.1) is 21.8 Å². The van der Waals surface area contributed by atoms with Crippen LogP contribution < -0.4 is 0 Å². The van der Waals surface area contributed by atoms with Crippen LogP contribution >= 0.6 is 11.3 Å². The molecule has 1 aromatic carbocycles. The number of imidazole rings is 1. The number of aryl methyl sites for hydroxylation is 1. The van der Waals surface area contributed by atoms with Crippen molar-refractivity contribution in [3.05, 3.63) is 53.0 Å². The van der Waals surface area contributed by atoms with Crippen LogP contribution in [-0.4, -0.2) is 44.1 Å². The number of aromatic amines is 1. The average molecular weight is 379 g/mol. The Labute approximate surface area is 159 Å². The predicted octanol–water partition coefficient (Wildman–Crippen LogP) is 3.61. The fraction of sp³-hybridized carbons (Fsp3) is 0.263. The van der Waals surface area contributed by atoms with E-state index in [0.717, 1.165) is 28.2 Å². The van der Waals surface area contributed by atoms with Crippen LogP contribution in [0.25, 0.3) is 21.8 Å². The summed E-state index contributed by atoms with van der Waals surface area (Å²) in [7, 11) is 0. The van der Waals surface area contributed by atoms with Gasteiger partial charge in [-0.25, -0.2) is 4.98 Å². The van der Waals surface area contributed by atoms with Crippen LogP contribution in [0.15, 0.2) is 40.1 Å². The van der Waals surface area contributed by atoms with Gasteiger partial charge in [0.15, 0.2) is 0 Å². The molecule has 0 bridgehead atoms. The molecule has 27 heavy (non-hydrogen) atoms. The van der Waals surface area contributed by atoms with Crippen LogP contribution in [0.3, 0.4) is 0 Å². The van der Waals surface area contributed by atoms with Gasteiger partial charge in [-0.3, -0.25) is 4.79 Å². The summed E-state index contributed by atoms with van der Waals surface area (Å²) in [5.74, 6) is 2.09. The lowest BCUT2D eigenvalue weighted by atomic mass is 10.1. The highest BCUT2D eigenvalue weighted by Gasteiger charge is 2.31. The molecule has 1 saturated heterocycles. The maximum absolute atomic E-state index is 12.9. The van der Waals surface area contributed by atoms with E-state index in [2.05, 4.69) is 20.2 Å². The number of benzene rings is 1. The van der Waals surface area contributed by atoms with Gasteiger partial charge >= 0.3 is 0 Å². The van der Waals surface area contributed by atoms with E-state index in [9.17, 15) is 4.79 Å². The zero-order valence-corrected chi connectivity index (χ0v) is 15.5. The molecule has 1 N–H and O–H groups in total. The SMILES string of the molecule is Cc1nc2ccc(C(=O)N3CCC(c4nnc(-c5cccs5)o4)C3)cc2[nH]1. The summed E-state index contributed by atoms with van der Waals surface area (Å²) in [5, 5.41) is 10.3. The number of nitrogens with zero attached hydrogens (tertiary/aromatic N) is 4. The molecule has 1 unspecified atom stereocenters. The predicted molar refractivity (Wildman–Crippen MR) is 102 cm³/mol. The fourth-order valence-electron chi connectivity index (χ4n) is 3.50. The number of H-pyrrole nitrogens is 1. The van der Waals surface area contributed by atoms with E-state index >= 15 is 0 Å². The van der Waals surface area contributed by atoms with Crippen LogP contribution in [0.5, 0.6) is 0 Å². The monoisotopic (exact) mass is 379 g/mol. The van der Waals surface area contributed by atoms with Gasteiger partial charge < -0.3 is 14.3 Å². The van der Waals surface area contributed by atoms with Crippen molar-refractivity contribution in [3.8, 4) is 10.8 Å².